The molecule has 0 fully saturated rings. The van der Waals surface area contributed by atoms with Crippen LogP contribution >= 0.6 is 0 Å². The van der Waals surface area contributed by atoms with Crippen LogP contribution in [0.15, 0.2) is 40.9 Å². The molecule has 0 amide bonds. The number of rotatable bonds is 4. The highest BCUT2D eigenvalue weighted by atomic mass is 32.2. The van der Waals surface area contributed by atoms with E-state index in [-0.39, 0.29) is 5.78 Å². The first kappa shape index (κ1) is 12.8. The molecule has 96 valence electrons. The summed E-state index contributed by atoms with van der Waals surface area (Å²) in [5, 5.41) is 3.18. The molecule has 2 rings (SSSR count). The molecule has 1 N–H and O–H groups in total. The molecule has 0 bridgehead atoms. The van der Waals surface area contributed by atoms with E-state index in [0.717, 1.165) is 17.7 Å². The second kappa shape index (κ2) is 4.94. The second-order valence-corrected chi connectivity index (χ2v) is 6.42. The molecule has 0 atom stereocenters. The van der Waals surface area contributed by atoms with Crippen molar-refractivity contribution in [2.24, 2.45) is 0 Å². The van der Waals surface area contributed by atoms with Gasteiger partial charge in [-0.1, -0.05) is 12.1 Å². The molecule has 5 heteroatoms. The van der Waals surface area contributed by atoms with E-state index in [1.54, 1.807) is 30.3 Å². The summed E-state index contributed by atoms with van der Waals surface area (Å²) in [5.74, 6) is 0.157. The molecule has 0 radical (unpaired) electrons. The van der Waals surface area contributed by atoms with Crippen molar-refractivity contribution in [2.75, 3.05) is 6.26 Å². The average molecular weight is 265 g/mol. The van der Waals surface area contributed by atoms with E-state index in [4.69, 9.17) is 0 Å². The standard InChI is InChI=1S/C13H15NO3S/c1-18(16,17)13-6-2-10(3-7-13)9-14-11-4-5-12(15)8-11/h2-3,6-8,14H,4-5,9H2,1H3. The van der Waals surface area contributed by atoms with Gasteiger partial charge in [0, 0.05) is 31.0 Å². The van der Waals surface area contributed by atoms with Crippen LogP contribution in [-0.2, 0) is 21.2 Å². The van der Waals surface area contributed by atoms with Crippen LogP contribution in [0.5, 0.6) is 0 Å². The van der Waals surface area contributed by atoms with Crippen LogP contribution in [0.1, 0.15) is 18.4 Å². The lowest BCUT2D eigenvalue weighted by Crippen LogP contribution is -2.11. The third kappa shape index (κ3) is 3.20. The normalized spacial score (nSPS) is 15.6. The van der Waals surface area contributed by atoms with Crippen LogP contribution in [0.25, 0.3) is 0 Å². The Hall–Kier alpha value is -1.62. The molecule has 0 aliphatic heterocycles. The van der Waals surface area contributed by atoms with E-state index in [9.17, 15) is 13.2 Å². The molecule has 0 heterocycles. The first-order chi connectivity index (χ1) is 8.45. The summed E-state index contributed by atoms with van der Waals surface area (Å²) >= 11 is 0. The molecule has 1 aromatic carbocycles. The van der Waals surface area contributed by atoms with E-state index in [1.807, 2.05) is 0 Å². The lowest BCUT2D eigenvalue weighted by atomic mass is 10.2. The summed E-state index contributed by atoms with van der Waals surface area (Å²) in [4.78, 5) is 11.4. The Bertz CT molecular complexity index is 585. The Labute approximate surface area is 107 Å². The smallest absolute Gasteiger partial charge is 0.175 e. The summed E-state index contributed by atoms with van der Waals surface area (Å²) < 4.78 is 22.6. The summed E-state index contributed by atoms with van der Waals surface area (Å²) in [7, 11) is -3.13. The topological polar surface area (TPSA) is 63.2 Å². The van der Waals surface area contributed by atoms with Crippen molar-refractivity contribution in [3.63, 3.8) is 0 Å². The van der Waals surface area contributed by atoms with Crippen LogP contribution in [-0.4, -0.2) is 20.5 Å². The molecule has 18 heavy (non-hydrogen) atoms. The highest BCUT2D eigenvalue weighted by molar-refractivity contribution is 7.90. The number of benzene rings is 1. The van der Waals surface area contributed by atoms with Gasteiger partial charge >= 0.3 is 0 Å². The van der Waals surface area contributed by atoms with Gasteiger partial charge in [0.15, 0.2) is 15.6 Å². The molecular formula is C13H15NO3S. The molecule has 1 aliphatic carbocycles. The van der Waals surface area contributed by atoms with Gasteiger partial charge < -0.3 is 5.32 Å². The maximum atomic E-state index is 11.3. The van der Waals surface area contributed by atoms with Crippen molar-refractivity contribution < 1.29 is 13.2 Å². The van der Waals surface area contributed by atoms with Gasteiger partial charge in [0.05, 0.1) is 4.90 Å². The highest BCUT2D eigenvalue weighted by Crippen LogP contribution is 2.14. The van der Waals surface area contributed by atoms with E-state index in [1.165, 1.54) is 6.26 Å². The Morgan fingerprint density at radius 2 is 1.83 bits per heavy atom. The van der Waals surface area contributed by atoms with E-state index in [0.29, 0.717) is 17.9 Å². The summed E-state index contributed by atoms with van der Waals surface area (Å²) in [6.07, 6.45) is 4.16. The van der Waals surface area contributed by atoms with Crippen LogP contribution < -0.4 is 5.32 Å². The van der Waals surface area contributed by atoms with Crippen molar-refractivity contribution >= 4 is 15.6 Å². The van der Waals surface area contributed by atoms with Gasteiger partial charge in [-0.15, -0.1) is 0 Å². The van der Waals surface area contributed by atoms with Gasteiger partial charge in [0.25, 0.3) is 0 Å². The number of nitrogens with one attached hydrogen (secondary N) is 1. The predicted octanol–water partition coefficient (Wildman–Crippen LogP) is 1.43. The molecule has 1 aliphatic rings. The van der Waals surface area contributed by atoms with Crippen molar-refractivity contribution in [2.45, 2.75) is 24.3 Å². The zero-order valence-corrected chi connectivity index (χ0v) is 11.0. The average Bonchev–Trinajstić information content (AvgIpc) is 2.72. The lowest BCUT2D eigenvalue weighted by molar-refractivity contribution is -0.114. The van der Waals surface area contributed by atoms with Crippen LogP contribution in [0.3, 0.4) is 0 Å². The van der Waals surface area contributed by atoms with Crippen LogP contribution in [0.4, 0.5) is 0 Å². The van der Waals surface area contributed by atoms with E-state index >= 15 is 0 Å². The summed E-state index contributed by atoms with van der Waals surface area (Å²) in [6, 6.07) is 6.75. The van der Waals surface area contributed by atoms with Gasteiger partial charge in [-0.05, 0) is 24.1 Å². The molecule has 0 unspecified atom stereocenters. The minimum atomic E-state index is -3.13. The Balaban J connectivity index is 1.99. The molecule has 0 saturated heterocycles. The van der Waals surface area contributed by atoms with Gasteiger partial charge in [0.2, 0.25) is 0 Å². The third-order valence-corrected chi connectivity index (χ3v) is 3.98. The third-order valence-electron chi connectivity index (χ3n) is 2.85. The van der Waals surface area contributed by atoms with Gasteiger partial charge in [-0.3, -0.25) is 4.79 Å². The Morgan fingerprint density at radius 1 is 1.17 bits per heavy atom. The fourth-order valence-corrected chi connectivity index (χ4v) is 2.44. The predicted molar refractivity (Wildman–Crippen MR) is 68.7 cm³/mol. The summed E-state index contributed by atoms with van der Waals surface area (Å²) in [6.45, 7) is 0.600. The number of ketones is 1. The molecule has 1 aromatic rings. The highest BCUT2D eigenvalue weighted by Gasteiger charge is 2.11. The minimum Gasteiger partial charge on any atom is -0.384 e. The number of carbonyl (C=O) groups is 1. The zero-order valence-electron chi connectivity index (χ0n) is 10.1. The fraction of sp³-hybridized carbons (Fsp3) is 0.308. The lowest BCUT2D eigenvalue weighted by Gasteiger charge is -2.07. The van der Waals surface area contributed by atoms with E-state index in [2.05, 4.69) is 5.32 Å². The first-order valence-electron chi connectivity index (χ1n) is 5.71. The van der Waals surface area contributed by atoms with Crippen LogP contribution in [0, 0.1) is 0 Å². The number of hydrogen-bond acceptors (Lipinski definition) is 4. The maximum Gasteiger partial charge on any atom is 0.175 e. The second-order valence-electron chi connectivity index (χ2n) is 4.41. The molecule has 0 saturated carbocycles. The van der Waals surface area contributed by atoms with Crippen molar-refractivity contribution in [1.29, 1.82) is 0 Å². The Kier molecular flexibility index (Phi) is 3.52. The fourth-order valence-electron chi connectivity index (χ4n) is 1.81. The van der Waals surface area contributed by atoms with Crippen LogP contribution in [0.2, 0.25) is 0 Å². The summed E-state index contributed by atoms with van der Waals surface area (Å²) in [5.41, 5.74) is 1.94. The monoisotopic (exact) mass is 265 g/mol. The van der Waals surface area contributed by atoms with Gasteiger partial charge in [0.1, 0.15) is 0 Å². The van der Waals surface area contributed by atoms with Crippen molar-refractivity contribution in [1.82, 2.24) is 5.32 Å². The molecule has 0 aromatic heterocycles. The van der Waals surface area contributed by atoms with Gasteiger partial charge in [-0.2, -0.15) is 0 Å². The number of carbonyl (C=O) groups excluding carboxylic acids is 1. The first-order valence-corrected chi connectivity index (χ1v) is 7.60. The number of hydrogen-bond donors (Lipinski definition) is 1. The minimum absolute atomic E-state index is 0.157. The molecule has 4 nitrogen and oxygen atoms in total. The number of allylic oxidation sites excluding steroid dienone is 2. The Morgan fingerprint density at radius 3 is 2.33 bits per heavy atom. The zero-order chi connectivity index (χ0) is 13.2. The number of sulfone groups is 1. The van der Waals surface area contributed by atoms with Crippen molar-refractivity contribution in [3.8, 4) is 0 Å². The molecule has 0 spiro atoms. The maximum absolute atomic E-state index is 11.3. The SMILES string of the molecule is CS(=O)(=O)c1ccc(CNC2=CC(=O)CC2)cc1. The quantitative estimate of drug-likeness (QED) is 0.894. The van der Waals surface area contributed by atoms with Gasteiger partial charge in [-0.25, -0.2) is 8.42 Å². The molecular weight excluding hydrogens is 250 g/mol. The largest absolute Gasteiger partial charge is 0.384 e. The van der Waals surface area contributed by atoms with E-state index < -0.39 is 9.84 Å². The van der Waals surface area contributed by atoms with Crippen molar-refractivity contribution in [3.05, 3.63) is 41.6 Å².